The zero-order valence-electron chi connectivity index (χ0n) is 8.51. The number of fused-ring (bicyclic) bond motifs is 3. The molecule has 0 atom stereocenters. The molecule has 3 aromatic rings. The first-order valence-electron chi connectivity index (χ1n) is 5.10. The Morgan fingerprint density at radius 3 is 3.00 bits per heavy atom. The molecule has 0 saturated carbocycles. The van der Waals surface area contributed by atoms with Crippen molar-refractivity contribution in [1.29, 1.82) is 0 Å². The van der Waals surface area contributed by atoms with Gasteiger partial charge in [0.05, 0.1) is 18.1 Å². The first-order chi connectivity index (χ1) is 7.38. The molecule has 0 aliphatic heterocycles. The second-order valence-electron chi connectivity index (χ2n) is 3.59. The highest BCUT2D eigenvalue weighted by molar-refractivity contribution is 5.92. The average Bonchev–Trinajstić information content (AvgIpc) is 2.72. The van der Waals surface area contributed by atoms with Crippen molar-refractivity contribution in [3.63, 3.8) is 0 Å². The predicted molar refractivity (Wildman–Crippen MR) is 59.9 cm³/mol. The second-order valence-corrected chi connectivity index (χ2v) is 3.59. The molecule has 0 aliphatic rings. The topological polar surface area (TPSA) is 30.2 Å². The van der Waals surface area contributed by atoms with Crippen LogP contribution in [0.3, 0.4) is 0 Å². The highest BCUT2D eigenvalue weighted by Crippen LogP contribution is 2.17. The van der Waals surface area contributed by atoms with Gasteiger partial charge in [-0.25, -0.2) is 9.50 Å². The summed E-state index contributed by atoms with van der Waals surface area (Å²) in [4.78, 5) is 4.56. The van der Waals surface area contributed by atoms with Crippen LogP contribution >= 0.6 is 0 Å². The maximum absolute atomic E-state index is 4.56. The number of rotatable bonds is 1. The van der Waals surface area contributed by atoms with E-state index < -0.39 is 0 Å². The average molecular weight is 197 g/mol. The molecule has 74 valence electrons. The molecule has 0 spiro atoms. The highest BCUT2D eigenvalue weighted by atomic mass is 15.2. The van der Waals surface area contributed by atoms with E-state index >= 15 is 0 Å². The largest absolute Gasteiger partial charge is 0.231 e. The Hall–Kier alpha value is -1.90. The minimum Gasteiger partial charge on any atom is -0.231 e. The molecular formula is C12H11N3. The summed E-state index contributed by atoms with van der Waals surface area (Å²) < 4.78 is 1.85. The molecule has 0 saturated heterocycles. The molecule has 0 amide bonds. The lowest BCUT2D eigenvalue weighted by Gasteiger charge is -1.97. The SMILES string of the molecule is CCc1cn2ncc3ccccc3c2n1. The van der Waals surface area contributed by atoms with Crippen molar-refractivity contribution >= 4 is 16.4 Å². The molecule has 0 N–H and O–H groups in total. The minimum atomic E-state index is 0.942. The summed E-state index contributed by atoms with van der Waals surface area (Å²) in [5.41, 5.74) is 2.03. The van der Waals surface area contributed by atoms with Crippen LogP contribution < -0.4 is 0 Å². The quantitative estimate of drug-likeness (QED) is 0.599. The van der Waals surface area contributed by atoms with Crippen molar-refractivity contribution < 1.29 is 0 Å². The van der Waals surface area contributed by atoms with Crippen LogP contribution in [0.4, 0.5) is 0 Å². The van der Waals surface area contributed by atoms with Crippen molar-refractivity contribution in [2.45, 2.75) is 13.3 Å². The van der Waals surface area contributed by atoms with E-state index in [0.29, 0.717) is 0 Å². The zero-order valence-corrected chi connectivity index (χ0v) is 8.51. The Bertz CT molecular complexity index is 625. The third-order valence-electron chi connectivity index (χ3n) is 2.62. The Balaban J connectivity index is 2.47. The summed E-state index contributed by atoms with van der Waals surface area (Å²) in [5.74, 6) is 0. The lowest BCUT2D eigenvalue weighted by atomic mass is 10.2. The first kappa shape index (κ1) is 8.41. The van der Waals surface area contributed by atoms with E-state index in [-0.39, 0.29) is 0 Å². The summed E-state index contributed by atoms with van der Waals surface area (Å²) in [6, 6.07) is 8.19. The lowest BCUT2D eigenvalue weighted by molar-refractivity contribution is 0.942. The van der Waals surface area contributed by atoms with Crippen LogP contribution in [0.15, 0.2) is 36.7 Å². The van der Waals surface area contributed by atoms with Crippen LogP contribution in [0.25, 0.3) is 16.4 Å². The van der Waals surface area contributed by atoms with Crippen LogP contribution in [0.5, 0.6) is 0 Å². The predicted octanol–water partition coefficient (Wildman–Crippen LogP) is 2.44. The van der Waals surface area contributed by atoms with Gasteiger partial charge in [0.25, 0.3) is 0 Å². The molecule has 0 aliphatic carbocycles. The number of nitrogens with zero attached hydrogens (tertiary/aromatic N) is 3. The fourth-order valence-corrected chi connectivity index (χ4v) is 1.80. The summed E-state index contributed by atoms with van der Waals surface area (Å²) in [5, 5.41) is 6.63. The fraction of sp³-hybridized carbons (Fsp3) is 0.167. The number of imidazole rings is 1. The Labute approximate surface area is 87.4 Å². The fourth-order valence-electron chi connectivity index (χ4n) is 1.80. The summed E-state index contributed by atoms with van der Waals surface area (Å²) in [6.45, 7) is 2.10. The molecule has 0 fully saturated rings. The minimum absolute atomic E-state index is 0.942. The van der Waals surface area contributed by atoms with Crippen molar-refractivity contribution in [2.24, 2.45) is 0 Å². The lowest BCUT2D eigenvalue weighted by Crippen LogP contribution is -1.89. The standard InChI is InChI=1S/C12H11N3/c1-2-10-8-15-12(14-10)11-6-4-3-5-9(11)7-13-15/h3-8H,2H2,1H3. The van der Waals surface area contributed by atoms with Gasteiger partial charge in [-0.05, 0) is 6.42 Å². The molecule has 3 nitrogen and oxygen atoms in total. The first-order valence-corrected chi connectivity index (χ1v) is 5.10. The summed E-state index contributed by atoms with van der Waals surface area (Å²) in [7, 11) is 0. The van der Waals surface area contributed by atoms with Gasteiger partial charge in [-0.3, -0.25) is 0 Å². The molecule has 2 aromatic heterocycles. The zero-order chi connectivity index (χ0) is 10.3. The second kappa shape index (κ2) is 3.05. The third kappa shape index (κ3) is 1.20. The number of hydrogen-bond donors (Lipinski definition) is 0. The van der Waals surface area contributed by atoms with Crippen LogP contribution in [-0.2, 0) is 6.42 Å². The molecule has 0 radical (unpaired) electrons. The number of aryl methyl sites for hydroxylation is 1. The van der Waals surface area contributed by atoms with E-state index in [1.54, 1.807) is 0 Å². The summed E-state index contributed by atoms with van der Waals surface area (Å²) in [6.07, 6.45) is 4.81. The maximum atomic E-state index is 4.56. The van der Waals surface area contributed by atoms with Gasteiger partial charge in [-0.15, -0.1) is 0 Å². The van der Waals surface area contributed by atoms with Crippen molar-refractivity contribution in [1.82, 2.24) is 14.6 Å². The van der Waals surface area contributed by atoms with Gasteiger partial charge in [0.15, 0.2) is 5.65 Å². The Morgan fingerprint density at radius 2 is 2.13 bits per heavy atom. The Kier molecular flexibility index (Phi) is 1.71. The molecule has 0 bridgehead atoms. The summed E-state index contributed by atoms with van der Waals surface area (Å²) >= 11 is 0. The molecule has 1 aromatic carbocycles. The van der Waals surface area contributed by atoms with Crippen LogP contribution in [0.2, 0.25) is 0 Å². The van der Waals surface area contributed by atoms with Crippen LogP contribution in [0.1, 0.15) is 12.6 Å². The molecule has 3 heteroatoms. The van der Waals surface area contributed by atoms with Gasteiger partial charge < -0.3 is 0 Å². The van der Waals surface area contributed by atoms with E-state index in [0.717, 1.165) is 28.5 Å². The van der Waals surface area contributed by atoms with E-state index in [4.69, 9.17) is 0 Å². The monoisotopic (exact) mass is 197 g/mol. The number of aromatic nitrogens is 3. The molecule has 2 heterocycles. The van der Waals surface area contributed by atoms with Gasteiger partial charge in [0.1, 0.15) is 0 Å². The van der Waals surface area contributed by atoms with Crippen molar-refractivity contribution in [3.8, 4) is 0 Å². The van der Waals surface area contributed by atoms with Crippen LogP contribution in [0, 0.1) is 0 Å². The van der Waals surface area contributed by atoms with Crippen molar-refractivity contribution in [3.05, 3.63) is 42.4 Å². The molecular weight excluding hydrogens is 186 g/mol. The molecule has 15 heavy (non-hydrogen) atoms. The van der Waals surface area contributed by atoms with E-state index in [1.165, 1.54) is 0 Å². The van der Waals surface area contributed by atoms with Crippen molar-refractivity contribution in [2.75, 3.05) is 0 Å². The molecule has 3 rings (SSSR count). The third-order valence-corrected chi connectivity index (χ3v) is 2.62. The highest BCUT2D eigenvalue weighted by Gasteiger charge is 2.04. The van der Waals surface area contributed by atoms with Crippen LogP contribution in [-0.4, -0.2) is 14.6 Å². The van der Waals surface area contributed by atoms with Gasteiger partial charge in [-0.1, -0.05) is 31.2 Å². The molecule has 0 unspecified atom stereocenters. The van der Waals surface area contributed by atoms with E-state index in [1.807, 2.05) is 29.0 Å². The van der Waals surface area contributed by atoms with Gasteiger partial charge in [0, 0.05) is 10.8 Å². The number of hydrogen-bond acceptors (Lipinski definition) is 2. The van der Waals surface area contributed by atoms with Gasteiger partial charge in [-0.2, -0.15) is 5.10 Å². The normalized spacial score (nSPS) is 11.3. The smallest absolute Gasteiger partial charge is 0.161 e. The van der Waals surface area contributed by atoms with Gasteiger partial charge >= 0.3 is 0 Å². The van der Waals surface area contributed by atoms with E-state index in [2.05, 4.69) is 29.1 Å². The van der Waals surface area contributed by atoms with E-state index in [9.17, 15) is 0 Å². The number of benzene rings is 1. The Morgan fingerprint density at radius 1 is 1.27 bits per heavy atom. The maximum Gasteiger partial charge on any atom is 0.161 e. The van der Waals surface area contributed by atoms with Gasteiger partial charge in [0.2, 0.25) is 0 Å².